The molecule has 2 fully saturated rings. The van der Waals surface area contributed by atoms with Crippen LogP contribution in [0, 0.1) is 0 Å². The number of anilines is 3. The van der Waals surface area contributed by atoms with Crippen LogP contribution < -0.4 is 15.1 Å². The van der Waals surface area contributed by atoms with Gasteiger partial charge in [0.25, 0.3) is 0 Å². The Morgan fingerprint density at radius 3 is 2.16 bits per heavy atom. The fraction of sp³-hybridized carbons (Fsp3) is 0.556. The quantitative estimate of drug-likeness (QED) is 0.917. The third-order valence-electron chi connectivity index (χ3n) is 5.00. The van der Waals surface area contributed by atoms with E-state index >= 15 is 0 Å². The Hall–Kier alpha value is -2.44. The summed E-state index contributed by atoms with van der Waals surface area (Å²) in [5.41, 5.74) is 0. The predicted octanol–water partition coefficient (Wildman–Crippen LogP) is 2.34. The van der Waals surface area contributed by atoms with Crippen LogP contribution in [0.3, 0.4) is 0 Å². The molecule has 0 atom stereocenters. The van der Waals surface area contributed by atoms with Crippen molar-refractivity contribution >= 4 is 17.7 Å². The Balaban J connectivity index is 1.37. The molecule has 1 saturated heterocycles. The van der Waals surface area contributed by atoms with Gasteiger partial charge in [0.2, 0.25) is 11.9 Å². The second kappa shape index (κ2) is 7.63. The van der Waals surface area contributed by atoms with E-state index in [1.165, 1.54) is 32.1 Å². The maximum Gasteiger partial charge on any atom is 0.227 e. The molecule has 2 aromatic rings. The molecule has 0 bridgehead atoms. The molecule has 4 rings (SSSR count). The Labute approximate surface area is 148 Å². The van der Waals surface area contributed by atoms with Crippen molar-refractivity contribution in [2.75, 3.05) is 41.3 Å². The minimum absolute atomic E-state index is 0.559. The molecule has 0 unspecified atom stereocenters. The van der Waals surface area contributed by atoms with Gasteiger partial charge in [-0.2, -0.15) is 4.98 Å². The lowest BCUT2D eigenvalue weighted by atomic mass is 9.95. The average Bonchev–Trinajstić information content (AvgIpc) is 2.70. The summed E-state index contributed by atoms with van der Waals surface area (Å²) in [5, 5.41) is 3.59. The van der Waals surface area contributed by atoms with E-state index in [1.807, 2.05) is 18.3 Å². The highest BCUT2D eigenvalue weighted by molar-refractivity contribution is 5.43. The lowest BCUT2D eigenvalue weighted by molar-refractivity contribution is 0.462. The van der Waals surface area contributed by atoms with E-state index in [2.05, 4.69) is 30.1 Å². The van der Waals surface area contributed by atoms with E-state index in [4.69, 9.17) is 4.98 Å². The van der Waals surface area contributed by atoms with Crippen LogP contribution >= 0.6 is 0 Å². The van der Waals surface area contributed by atoms with Crippen LogP contribution in [0.4, 0.5) is 17.7 Å². The molecule has 1 aliphatic carbocycles. The Morgan fingerprint density at radius 1 is 0.800 bits per heavy atom. The molecule has 1 saturated carbocycles. The third-order valence-corrected chi connectivity index (χ3v) is 5.00. The molecule has 0 aromatic carbocycles. The van der Waals surface area contributed by atoms with Crippen LogP contribution in [-0.4, -0.2) is 52.2 Å². The number of piperazine rings is 1. The zero-order valence-electron chi connectivity index (χ0n) is 14.5. The van der Waals surface area contributed by atoms with Crippen LogP contribution in [0.5, 0.6) is 0 Å². The van der Waals surface area contributed by atoms with E-state index in [0.717, 1.165) is 43.9 Å². The van der Waals surface area contributed by atoms with Gasteiger partial charge in [-0.25, -0.2) is 15.0 Å². The largest absolute Gasteiger partial charge is 0.367 e. The topological polar surface area (TPSA) is 70.1 Å². The first-order chi connectivity index (χ1) is 12.4. The van der Waals surface area contributed by atoms with Crippen molar-refractivity contribution in [3.8, 4) is 0 Å². The summed E-state index contributed by atoms with van der Waals surface area (Å²) in [4.78, 5) is 22.3. The number of aromatic nitrogens is 4. The molecular formula is C18H25N7. The van der Waals surface area contributed by atoms with E-state index in [9.17, 15) is 0 Å². The van der Waals surface area contributed by atoms with Gasteiger partial charge in [-0.3, -0.25) is 0 Å². The second-order valence-corrected chi connectivity index (χ2v) is 6.74. The van der Waals surface area contributed by atoms with Gasteiger partial charge in [0.05, 0.1) is 0 Å². The molecule has 7 nitrogen and oxygen atoms in total. The molecule has 0 radical (unpaired) electrons. The molecule has 132 valence electrons. The Bertz CT molecular complexity index is 664. The molecule has 25 heavy (non-hydrogen) atoms. The predicted molar refractivity (Wildman–Crippen MR) is 99.0 cm³/mol. The number of hydrogen-bond donors (Lipinski definition) is 1. The molecule has 0 spiro atoms. The molecule has 1 aliphatic heterocycles. The van der Waals surface area contributed by atoms with Crippen LogP contribution in [0.1, 0.15) is 32.1 Å². The van der Waals surface area contributed by atoms with Crippen molar-refractivity contribution in [1.82, 2.24) is 19.9 Å². The molecule has 1 N–H and O–H groups in total. The maximum atomic E-state index is 4.74. The first kappa shape index (κ1) is 16.1. The van der Waals surface area contributed by atoms with Gasteiger partial charge in [-0.1, -0.05) is 19.3 Å². The fourth-order valence-electron chi connectivity index (χ4n) is 3.60. The summed E-state index contributed by atoms with van der Waals surface area (Å²) in [6, 6.07) is 4.38. The van der Waals surface area contributed by atoms with Crippen molar-refractivity contribution < 1.29 is 0 Å². The van der Waals surface area contributed by atoms with Crippen molar-refractivity contribution in [3.63, 3.8) is 0 Å². The van der Waals surface area contributed by atoms with E-state index in [-0.39, 0.29) is 0 Å². The van der Waals surface area contributed by atoms with Crippen LogP contribution in [0.2, 0.25) is 0 Å². The summed E-state index contributed by atoms with van der Waals surface area (Å²) < 4.78 is 0. The van der Waals surface area contributed by atoms with Gasteiger partial charge in [0.1, 0.15) is 5.82 Å². The van der Waals surface area contributed by atoms with Crippen LogP contribution in [-0.2, 0) is 0 Å². The third kappa shape index (κ3) is 3.97. The van der Waals surface area contributed by atoms with Crippen LogP contribution in [0.15, 0.2) is 30.7 Å². The molecule has 7 heteroatoms. The maximum absolute atomic E-state index is 4.74. The first-order valence-corrected chi connectivity index (χ1v) is 9.25. The van der Waals surface area contributed by atoms with E-state index in [1.54, 1.807) is 12.4 Å². The van der Waals surface area contributed by atoms with Crippen molar-refractivity contribution in [2.24, 2.45) is 0 Å². The monoisotopic (exact) mass is 339 g/mol. The summed E-state index contributed by atoms with van der Waals surface area (Å²) in [6.07, 6.45) is 11.9. The van der Waals surface area contributed by atoms with Crippen molar-refractivity contribution in [3.05, 3.63) is 30.7 Å². The summed E-state index contributed by atoms with van der Waals surface area (Å²) in [5.74, 6) is 2.57. The minimum atomic E-state index is 0.559. The van der Waals surface area contributed by atoms with E-state index < -0.39 is 0 Å². The highest BCUT2D eigenvalue weighted by atomic mass is 15.4. The van der Waals surface area contributed by atoms with Gasteiger partial charge in [-0.05, 0) is 25.0 Å². The smallest absolute Gasteiger partial charge is 0.227 e. The number of hydrogen-bond acceptors (Lipinski definition) is 7. The van der Waals surface area contributed by atoms with Crippen molar-refractivity contribution in [2.45, 2.75) is 38.1 Å². The molecule has 3 heterocycles. The lowest BCUT2D eigenvalue weighted by Gasteiger charge is -2.34. The van der Waals surface area contributed by atoms with Gasteiger partial charge in [0, 0.05) is 50.8 Å². The van der Waals surface area contributed by atoms with E-state index in [0.29, 0.717) is 6.04 Å². The zero-order chi connectivity index (χ0) is 16.9. The van der Waals surface area contributed by atoms with Gasteiger partial charge < -0.3 is 15.1 Å². The van der Waals surface area contributed by atoms with Crippen LogP contribution in [0.25, 0.3) is 0 Å². The molecule has 2 aliphatic rings. The normalized spacial score (nSPS) is 19.0. The highest BCUT2D eigenvalue weighted by Gasteiger charge is 2.21. The Kier molecular flexibility index (Phi) is 4.90. The average molecular weight is 339 g/mol. The molecule has 0 amide bonds. The van der Waals surface area contributed by atoms with Gasteiger partial charge in [0.15, 0.2) is 0 Å². The van der Waals surface area contributed by atoms with Gasteiger partial charge in [-0.15, -0.1) is 0 Å². The second-order valence-electron chi connectivity index (χ2n) is 6.74. The van der Waals surface area contributed by atoms with Gasteiger partial charge >= 0.3 is 0 Å². The number of nitrogens with one attached hydrogen (secondary N) is 1. The lowest BCUT2D eigenvalue weighted by Crippen LogP contribution is -2.47. The van der Waals surface area contributed by atoms with Crippen molar-refractivity contribution in [1.29, 1.82) is 0 Å². The fourth-order valence-corrected chi connectivity index (χ4v) is 3.60. The highest BCUT2D eigenvalue weighted by Crippen LogP contribution is 2.22. The standard InChI is InChI=1S/C18H25N7/c1-2-5-15(6-3-1)22-16-7-10-21-18(23-16)25-13-11-24(12-14-25)17-19-8-4-9-20-17/h4,7-10,15H,1-3,5-6,11-14H2,(H,21,22,23). The summed E-state index contributed by atoms with van der Waals surface area (Å²) >= 11 is 0. The SMILES string of the molecule is c1cnc(N2CCN(c3nccc(NC4CCCCC4)n3)CC2)nc1. The number of nitrogens with zero attached hydrogens (tertiary/aromatic N) is 6. The minimum Gasteiger partial charge on any atom is -0.367 e. The summed E-state index contributed by atoms with van der Waals surface area (Å²) in [7, 11) is 0. The molecular weight excluding hydrogens is 314 g/mol. The molecule has 2 aromatic heterocycles. The Morgan fingerprint density at radius 2 is 1.44 bits per heavy atom. The zero-order valence-corrected chi connectivity index (χ0v) is 14.5. The first-order valence-electron chi connectivity index (χ1n) is 9.25. The number of rotatable bonds is 4. The summed E-state index contributed by atoms with van der Waals surface area (Å²) in [6.45, 7) is 3.53.